The first-order valence-electron chi connectivity index (χ1n) is 8.56. The average Bonchev–Trinajstić information content (AvgIpc) is 2.79. The van der Waals surface area contributed by atoms with Crippen LogP contribution in [0.25, 0.3) is 0 Å². The Balaban J connectivity index is 1.73. The van der Waals surface area contributed by atoms with Crippen LogP contribution < -0.4 is 15.1 Å². The molecule has 28 heavy (non-hydrogen) atoms. The molecule has 4 bridgehead atoms. The summed E-state index contributed by atoms with van der Waals surface area (Å²) in [5.41, 5.74) is -0.310. The first-order valence-corrected chi connectivity index (χ1v) is 8.56. The maximum absolute atomic E-state index is 14.6. The van der Waals surface area contributed by atoms with Crippen LogP contribution in [0.5, 0.6) is 0 Å². The molecule has 2 amide bonds. The van der Waals surface area contributed by atoms with E-state index >= 15 is 0 Å². The summed E-state index contributed by atoms with van der Waals surface area (Å²) in [7, 11) is 0. The number of ether oxygens (including phenoxy) is 1. The molecule has 0 radical (unpaired) electrons. The molecular weight excluding hydrogens is 388 g/mol. The van der Waals surface area contributed by atoms with Gasteiger partial charge in [-0.3, -0.25) is 14.5 Å². The molecule has 1 aromatic rings. The smallest absolute Gasteiger partial charge is 0.416 e. The van der Waals surface area contributed by atoms with Crippen molar-refractivity contribution in [3.05, 3.63) is 23.8 Å². The van der Waals surface area contributed by atoms with E-state index < -0.39 is 48.9 Å². The van der Waals surface area contributed by atoms with E-state index in [9.17, 15) is 27.2 Å². The van der Waals surface area contributed by atoms with Crippen LogP contribution in [0.4, 0.5) is 33.7 Å². The highest BCUT2D eigenvalue weighted by atomic mass is 19.3. The van der Waals surface area contributed by atoms with Crippen molar-refractivity contribution in [3.8, 4) is 0 Å². The van der Waals surface area contributed by atoms with Gasteiger partial charge in [0.1, 0.15) is 5.69 Å². The minimum Gasteiger partial charge on any atom is -0.440 e. The molecule has 8 nitrogen and oxygen atoms in total. The zero-order valence-electron chi connectivity index (χ0n) is 14.4. The molecule has 12 heteroatoms. The van der Waals surface area contributed by atoms with Crippen molar-refractivity contribution in [3.63, 3.8) is 0 Å². The van der Waals surface area contributed by atoms with Crippen molar-refractivity contribution in [2.24, 2.45) is 0 Å². The van der Waals surface area contributed by atoms with Crippen molar-refractivity contribution in [2.45, 2.75) is 18.7 Å². The van der Waals surface area contributed by atoms with Gasteiger partial charge in [-0.1, -0.05) is 0 Å². The highest BCUT2D eigenvalue weighted by Crippen LogP contribution is 2.36. The highest BCUT2D eigenvalue weighted by molar-refractivity contribution is 5.91. The lowest BCUT2D eigenvalue weighted by molar-refractivity contribution is -0.184. The standard InChI is InChI=1S/C16H16F4N4O4/c17-9-5-8-6-10(18)12(9)22-1-2-23(27-4-3-22)15-11(28-16(26)24(8)15)7-21-14(25)13(19)20/h5-6,11,13,15H,1-4,7H2,(H,21,25)/t11-,15?/m0/s1. The van der Waals surface area contributed by atoms with Gasteiger partial charge >= 0.3 is 12.5 Å². The molecule has 1 N–H and O–H groups in total. The van der Waals surface area contributed by atoms with Crippen molar-refractivity contribution in [2.75, 3.05) is 42.6 Å². The van der Waals surface area contributed by atoms with E-state index in [2.05, 4.69) is 0 Å². The Labute approximate surface area is 156 Å². The number of hydrogen-bond donors (Lipinski definition) is 1. The molecule has 3 atom stereocenters. The number of rotatable bonds is 3. The van der Waals surface area contributed by atoms with Crippen LogP contribution in [-0.2, 0) is 14.4 Å². The number of anilines is 2. The van der Waals surface area contributed by atoms with Gasteiger partial charge < -0.3 is 15.0 Å². The van der Waals surface area contributed by atoms with Gasteiger partial charge in [-0.05, 0) is 0 Å². The predicted molar refractivity (Wildman–Crippen MR) is 86.8 cm³/mol. The number of fused-ring (bicyclic) bond motifs is 2. The largest absolute Gasteiger partial charge is 0.440 e. The van der Waals surface area contributed by atoms with E-state index in [4.69, 9.17) is 9.57 Å². The monoisotopic (exact) mass is 404 g/mol. The normalized spacial score (nSPS) is 26.3. The van der Waals surface area contributed by atoms with Crippen molar-refractivity contribution >= 4 is 23.4 Å². The fraction of sp³-hybridized carbons (Fsp3) is 0.500. The van der Waals surface area contributed by atoms with Crippen LogP contribution in [0.3, 0.4) is 0 Å². The van der Waals surface area contributed by atoms with Crippen LogP contribution >= 0.6 is 0 Å². The van der Waals surface area contributed by atoms with Gasteiger partial charge in [-0.2, -0.15) is 13.8 Å². The number of carbonyl (C=O) groups is 2. The topological polar surface area (TPSA) is 74.3 Å². The van der Waals surface area contributed by atoms with Gasteiger partial charge in [-0.25, -0.2) is 13.6 Å². The summed E-state index contributed by atoms with van der Waals surface area (Å²) >= 11 is 0. The molecule has 2 unspecified atom stereocenters. The number of carbonyl (C=O) groups excluding carboxylic acids is 2. The van der Waals surface area contributed by atoms with Crippen molar-refractivity contribution < 1.29 is 36.7 Å². The van der Waals surface area contributed by atoms with Crippen LogP contribution in [0.1, 0.15) is 0 Å². The number of nitrogens with zero attached hydrogens (tertiary/aromatic N) is 3. The van der Waals surface area contributed by atoms with E-state index in [1.165, 1.54) is 9.96 Å². The first kappa shape index (κ1) is 18.7. The molecular formula is C16H16F4N4O4. The molecule has 0 aromatic heterocycles. The minimum absolute atomic E-state index is 0.0774. The van der Waals surface area contributed by atoms with Gasteiger partial charge in [0, 0.05) is 31.8 Å². The number of nitrogens with one attached hydrogen (secondary N) is 1. The maximum Gasteiger partial charge on any atom is 0.416 e. The van der Waals surface area contributed by atoms with E-state index in [0.717, 1.165) is 17.0 Å². The highest BCUT2D eigenvalue weighted by Gasteiger charge is 2.48. The molecule has 5 rings (SSSR count). The number of benzene rings is 1. The zero-order chi connectivity index (χ0) is 20.0. The second kappa shape index (κ2) is 7.09. The Morgan fingerprint density at radius 2 is 1.93 bits per heavy atom. The second-order valence-corrected chi connectivity index (χ2v) is 6.47. The minimum atomic E-state index is -3.23. The molecule has 1 aromatic carbocycles. The van der Waals surface area contributed by atoms with Gasteiger partial charge in [0.25, 0.3) is 5.91 Å². The van der Waals surface area contributed by atoms with Crippen molar-refractivity contribution in [1.82, 2.24) is 10.4 Å². The van der Waals surface area contributed by atoms with Crippen LogP contribution in [-0.4, -0.2) is 68.5 Å². The van der Waals surface area contributed by atoms with Gasteiger partial charge in [0.05, 0.1) is 18.8 Å². The average molecular weight is 404 g/mol. The molecule has 0 aliphatic carbocycles. The van der Waals surface area contributed by atoms with Gasteiger partial charge in [0.2, 0.25) is 0 Å². The Kier molecular flexibility index (Phi) is 4.75. The van der Waals surface area contributed by atoms with E-state index in [1.54, 1.807) is 0 Å². The third-order valence-corrected chi connectivity index (χ3v) is 4.82. The summed E-state index contributed by atoms with van der Waals surface area (Å²) in [6, 6.07) is 2.02. The molecule has 4 heterocycles. The van der Waals surface area contributed by atoms with Crippen LogP contribution in [0.2, 0.25) is 0 Å². The maximum atomic E-state index is 14.6. The number of hydrogen-bond acceptors (Lipinski definition) is 6. The molecule has 2 fully saturated rings. The van der Waals surface area contributed by atoms with Crippen LogP contribution in [0, 0.1) is 11.6 Å². The fourth-order valence-electron chi connectivity index (χ4n) is 3.61. The Bertz CT molecular complexity index is 788. The van der Waals surface area contributed by atoms with Crippen molar-refractivity contribution in [1.29, 1.82) is 0 Å². The quantitative estimate of drug-likeness (QED) is 0.760. The fourth-order valence-corrected chi connectivity index (χ4v) is 3.61. The third kappa shape index (κ3) is 3.11. The van der Waals surface area contributed by atoms with E-state index in [0.29, 0.717) is 0 Å². The summed E-state index contributed by atoms with van der Waals surface area (Å²) in [6.07, 6.45) is -6.26. The summed E-state index contributed by atoms with van der Waals surface area (Å²) in [4.78, 5) is 31.8. The summed E-state index contributed by atoms with van der Waals surface area (Å²) < 4.78 is 59.3. The Hall–Kier alpha value is -2.60. The van der Waals surface area contributed by atoms with E-state index in [1.807, 2.05) is 5.32 Å². The Morgan fingerprint density at radius 3 is 2.61 bits per heavy atom. The number of amides is 2. The van der Waals surface area contributed by atoms with Gasteiger partial charge in [-0.15, -0.1) is 0 Å². The molecule has 4 aliphatic heterocycles. The molecule has 4 aliphatic rings. The second-order valence-electron chi connectivity index (χ2n) is 6.47. The number of halogens is 4. The third-order valence-electron chi connectivity index (χ3n) is 4.82. The summed E-state index contributed by atoms with van der Waals surface area (Å²) in [5, 5.41) is 3.41. The summed E-state index contributed by atoms with van der Waals surface area (Å²) in [6.45, 7) is 0.227. The van der Waals surface area contributed by atoms with Gasteiger partial charge in [0.15, 0.2) is 23.9 Å². The zero-order valence-corrected chi connectivity index (χ0v) is 14.4. The lowest BCUT2D eigenvalue weighted by Gasteiger charge is -2.34. The number of hydroxylamine groups is 2. The first-order chi connectivity index (χ1) is 13.4. The molecule has 0 saturated carbocycles. The Morgan fingerprint density at radius 1 is 1.21 bits per heavy atom. The number of alkyl halides is 2. The predicted octanol–water partition coefficient (Wildman–Crippen LogP) is 1.06. The molecule has 152 valence electrons. The SMILES string of the molecule is O=C(NC[C@@H]1OC(=O)N2c3cc(F)c(c(F)c3)N3CCON(CC3)C12)C(F)F. The lowest BCUT2D eigenvalue weighted by atomic mass is 10.1. The lowest BCUT2D eigenvalue weighted by Crippen LogP contribution is -2.54. The molecule has 0 spiro atoms. The summed E-state index contributed by atoms with van der Waals surface area (Å²) in [5.74, 6) is -3.20. The number of cyclic esters (lactones) is 1. The molecule has 2 saturated heterocycles. The van der Waals surface area contributed by atoms with Crippen LogP contribution in [0.15, 0.2) is 12.1 Å². The van der Waals surface area contributed by atoms with E-state index in [-0.39, 0.29) is 37.6 Å².